The van der Waals surface area contributed by atoms with Crippen LogP contribution in [0.3, 0.4) is 0 Å². The molecule has 1 atom stereocenters. The van der Waals surface area contributed by atoms with E-state index < -0.39 is 20.7 Å². The molecule has 0 radical (unpaired) electrons. The van der Waals surface area contributed by atoms with Crippen LogP contribution in [-0.2, 0) is 10.0 Å². The molecule has 1 aromatic carbocycles. The van der Waals surface area contributed by atoms with Gasteiger partial charge in [0, 0.05) is 11.8 Å². The number of nitrogen functional groups attached to an aromatic ring is 1. The first-order chi connectivity index (χ1) is 9.33. The SMILES string of the molecule is Nc1c(F)c(S(=O)(=O)NCC2CCCS2)cc(Cl)c1Br. The van der Waals surface area contributed by atoms with Gasteiger partial charge in [-0.05, 0) is 40.6 Å². The van der Waals surface area contributed by atoms with Crippen molar-refractivity contribution in [3.05, 3.63) is 21.4 Å². The molecule has 9 heteroatoms. The molecule has 20 heavy (non-hydrogen) atoms. The van der Waals surface area contributed by atoms with Crippen molar-refractivity contribution in [3.8, 4) is 0 Å². The molecule has 0 spiro atoms. The highest BCUT2D eigenvalue weighted by Gasteiger charge is 2.25. The maximum absolute atomic E-state index is 14.0. The van der Waals surface area contributed by atoms with Crippen LogP contribution in [0.15, 0.2) is 15.4 Å². The highest BCUT2D eigenvalue weighted by Crippen LogP contribution is 2.34. The van der Waals surface area contributed by atoms with Gasteiger partial charge in [-0.3, -0.25) is 0 Å². The third-order valence-electron chi connectivity index (χ3n) is 2.97. The topological polar surface area (TPSA) is 72.2 Å². The summed E-state index contributed by atoms with van der Waals surface area (Å²) in [6.45, 7) is 0.278. The normalized spacial score (nSPS) is 19.4. The Morgan fingerprint density at radius 1 is 1.60 bits per heavy atom. The fourth-order valence-electron chi connectivity index (χ4n) is 1.88. The molecule has 0 aliphatic carbocycles. The van der Waals surface area contributed by atoms with Crippen molar-refractivity contribution >= 4 is 55.0 Å². The number of halogens is 3. The number of rotatable bonds is 4. The number of hydrogen-bond donors (Lipinski definition) is 2. The van der Waals surface area contributed by atoms with Gasteiger partial charge in [0.15, 0.2) is 5.82 Å². The van der Waals surface area contributed by atoms with Crippen LogP contribution in [0.25, 0.3) is 0 Å². The third-order valence-corrected chi connectivity index (χ3v) is 7.17. The Hall–Kier alpha value is -0.0200. The van der Waals surface area contributed by atoms with E-state index in [2.05, 4.69) is 20.7 Å². The molecule has 1 aliphatic heterocycles. The molecule has 0 bridgehead atoms. The Balaban J connectivity index is 2.25. The van der Waals surface area contributed by atoms with Gasteiger partial charge in [0.05, 0.1) is 15.2 Å². The van der Waals surface area contributed by atoms with E-state index in [1.807, 2.05) is 0 Å². The van der Waals surface area contributed by atoms with Gasteiger partial charge in [-0.15, -0.1) is 0 Å². The van der Waals surface area contributed by atoms with Crippen LogP contribution >= 0.6 is 39.3 Å². The van der Waals surface area contributed by atoms with Crippen molar-refractivity contribution in [2.75, 3.05) is 18.0 Å². The summed E-state index contributed by atoms with van der Waals surface area (Å²) >= 11 is 10.6. The Bertz CT molecular complexity index is 621. The van der Waals surface area contributed by atoms with Crippen molar-refractivity contribution < 1.29 is 12.8 Å². The molecule has 3 N–H and O–H groups in total. The Kier molecular flexibility index (Phi) is 5.23. The zero-order valence-corrected chi connectivity index (χ0v) is 14.3. The summed E-state index contributed by atoms with van der Waals surface area (Å²) < 4.78 is 40.8. The lowest BCUT2D eigenvalue weighted by Crippen LogP contribution is -2.30. The standard InChI is InChI=1S/C11H13BrClFN2O2S2/c12-9-7(13)4-8(10(14)11(9)15)20(17,18)16-5-6-2-1-3-19-6/h4,6,16H,1-3,5,15H2. The Labute approximate surface area is 134 Å². The fourth-order valence-corrected chi connectivity index (χ4v) is 4.95. The van der Waals surface area contributed by atoms with Gasteiger partial charge in [0.2, 0.25) is 10.0 Å². The van der Waals surface area contributed by atoms with Gasteiger partial charge in [0.1, 0.15) is 4.90 Å². The predicted molar refractivity (Wildman–Crippen MR) is 84.2 cm³/mol. The van der Waals surface area contributed by atoms with Gasteiger partial charge in [0.25, 0.3) is 0 Å². The molecule has 0 amide bonds. The lowest BCUT2D eigenvalue weighted by Gasteiger charge is -2.13. The van der Waals surface area contributed by atoms with Crippen LogP contribution < -0.4 is 10.5 Å². The summed E-state index contributed by atoms with van der Waals surface area (Å²) in [5.41, 5.74) is 5.18. The molecule has 1 saturated heterocycles. The monoisotopic (exact) mass is 402 g/mol. The number of nitrogens with two attached hydrogens (primary N) is 1. The summed E-state index contributed by atoms with van der Waals surface area (Å²) in [5.74, 6) is 0.0329. The smallest absolute Gasteiger partial charge is 0.243 e. The molecule has 112 valence electrons. The molecule has 0 saturated carbocycles. The van der Waals surface area contributed by atoms with Crippen LogP contribution in [0.1, 0.15) is 12.8 Å². The lowest BCUT2D eigenvalue weighted by atomic mass is 10.2. The molecule has 1 aromatic rings. The van der Waals surface area contributed by atoms with Gasteiger partial charge in [-0.25, -0.2) is 17.5 Å². The van der Waals surface area contributed by atoms with Crippen LogP contribution in [-0.4, -0.2) is 26.0 Å². The molecule has 1 fully saturated rings. The summed E-state index contributed by atoms with van der Waals surface area (Å²) in [5, 5.41) is 0.288. The molecule has 0 aromatic heterocycles. The number of nitrogens with one attached hydrogen (secondary N) is 1. The van der Waals surface area contributed by atoms with Gasteiger partial charge in [-0.1, -0.05) is 11.6 Å². The second kappa shape index (κ2) is 6.39. The number of hydrogen-bond acceptors (Lipinski definition) is 4. The van der Waals surface area contributed by atoms with E-state index in [9.17, 15) is 12.8 Å². The number of sulfonamides is 1. The van der Waals surface area contributed by atoms with Crippen molar-refractivity contribution in [2.24, 2.45) is 0 Å². The quantitative estimate of drug-likeness (QED) is 0.599. The minimum absolute atomic E-state index is 0.0551. The van der Waals surface area contributed by atoms with Crippen molar-refractivity contribution in [1.82, 2.24) is 4.72 Å². The molecular formula is C11H13BrClFN2O2S2. The second-order valence-electron chi connectivity index (χ2n) is 4.39. The van der Waals surface area contributed by atoms with E-state index in [1.165, 1.54) is 0 Å². The molecule has 1 unspecified atom stereocenters. The molecule has 1 heterocycles. The lowest BCUT2D eigenvalue weighted by molar-refractivity contribution is 0.557. The van der Waals surface area contributed by atoms with E-state index in [1.54, 1.807) is 11.8 Å². The van der Waals surface area contributed by atoms with E-state index >= 15 is 0 Å². The van der Waals surface area contributed by atoms with Crippen LogP contribution in [0.4, 0.5) is 10.1 Å². The van der Waals surface area contributed by atoms with E-state index in [4.69, 9.17) is 17.3 Å². The number of anilines is 1. The van der Waals surface area contributed by atoms with Crippen molar-refractivity contribution in [2.45, 2.75) is 23.0 Å². The van der Waals surface area contributed by atoms with Crippen molar-refractivity contribution in [3.63, 3.8) is 0 Å². The fraction of sp³-hybridized carbons (Fsp3) is 0.455. The molecule has 2 rings (SSSR count). The minimum atomic E-state index is -3.96. The Morgan fingerprint density at radius 3 is 2.90 bits per heavy atom. The van der Waals surface area contributed by atoms with Gasteiger partial charge < -0.3 is 5.73 Å². The van der Waals surface area contributed by atoms with Crippen LogP contribution in [0.2, 0.25) is 5.02 Å². The Morgan fingerprint density at radius 2 is 2.30 bits per heavy atom. The summed E-state index contributed by atoms with van der Waals surface area (Å²) in [6, 6.07) is 1.06. The average molecular weight is 404 g/mol. The maximum atomic E-state index is 14.0. The average Bonchev–Trinajstić information content (AvgIpc) is 2.91. The van der Waals surface area contributed by atoms with Crippen LogP contribution in [0.5, 0.6) is 0 Å². The second-order valence-corrected chi connectivity index (χ2v) is 8.73. The highest BCUT2D eigenvalue weighted by molar-refractivity contribution is 9.10. The molecule has 1 aliphatic rings. The van der Waals surface area contributed by atoms with E-state index in [0.717, 1.165) is 24.7 Å². The van der Waals surface area contributed by atoms with Crippen molar-refractivity contribution in [1.29, 1.82) is 0 Å². The molecular weight excluding hydrogens is 391 g/mol. The zero-order chi connectivity index (χ0) is 14.9. The summed E-state index contributed by atoms with van der Waals surface area (Å²) in [6.07, 6.45) is 2.03. The molecule has 4 nitrogen and oxygen atoms in total. The first-order valence-electron chi connectivity index (χ1n) is 5.87. The third kappa shape index (κ3) is 3.41. The number of benzene rings is 1. The predicted octanol–water partition coefficient (Wildman–Crippen LogP) is 3.00. The maximum Gasteiger partial charge on any atom is 0.243 e. The minimum Gasteiger partial charge on any atom is -0.395 e. The summed E-state index contributed by atoms with van der Waals surface area (Å²) in [7, 11) is -3.96. The largest absolute Gasteiger partial charge is 0.395 e. The van der Waals surface area contributed by atoms with Gasteiger partial charge in [-0.2, -0.15) is 11.8 Å². The van der Waals surface area contributed by atoms with Gasteiger partial charge >= 0.3 is 0 Å². The van der Waals surface area contributed by atoms with Crippen LogP contribution in [0, 0.1) is 5.82 Å². The first kappa shape index (κ1) is 16.4. The highest BCUT2D eigenvalue weighted by atomic mass is 79.9. The first-order valence-corrected chi connectivity index (χ1v) is 9.57. The zero-order valence-electron chi connectivity index (χ0n) is 10.3. The van der Waals surface area contributed by atoms with E-state index in [0.29, 0.717) is 0 Å². The number of thioether (sulfide) groups is 1. The van der Waals surface area contributed by atoms with E-state index in [-0.39, 0.29) is 27.0 Å². The summed E-state index contributed by atoms with van der Waals surface area (Å²) in [4.78, 5) is -0.522.